The van der Waals surface area contributed by atoms with Crippen molar-refractivity contribution in [2.75, 3.05) is 38.6 Å². The third kappa shape index (κ3) is 6.92. The topological polar surface area (TPSA) is 75.5 Å². The zero-order valence-corrected chi connectivity index (χ0v) is 27.5. The van der Waals surface area contributed by atoms with E-state index in [1.165, 1.54) is 12.1 Å². The van der Waals surface area contributed by atoms with Gasteiger partial charge in [-0.15, -0.1) is 0 Å². The van der Waals surface area contributed by atoms with E-state index in [1.54, 1.807) is 7.11 Å². The van der Waals surface area contributed by atoms with Crippen molar-refractivity contribution < 1.29 is 13.9 Å². The first-order valence-corrected chi connectivity index (χ1v) is 17.0. The molecule has 0 radical (unpaired) electrons. The second-order valence-electron chi connectivity index (χ2n) is 13.2. The van der Waals surface area contributed by atoms with Gasteiger partial charge in [-0.3, -0.25) is 9.78 Å². The molecule has 1 atom stereocenters. The number of nitrogens with zero attached hydrogens (tertiary/aromatic N) is 5. The molecule has 0 spiro atoms. The second kappa shape index (κ2) is 14.2. The van der Waals surface area contributed by atoms with Crippen LogP contribution in [0, 0.1) is 11.2 Å². The van der Waals surface area contributed by atoms with Crippen molar-refractivity contribution in [3.8, 4) is 5.75 Å². The fraction of sp³-hybridized carbons (Fsp3) is 0.359. The number of rotatable bonds is 12. The van der Waals surface area contributed by atoms with Gasteiger partial charge in [0.25, 0.3) is 0 Å². The van der Waals surface area contributed by atoms with Gasteiger partial charge in [0.1, 0.15) is 11.6 Å². The van der Waals surface area contributed by atoms with Crippen molar-refractivity contribution in [1.29, 1.82) is 0 Å². The number of halogens is 1. The van der Waals surface area contributed by atoms with E-state index < -0.39 is 5.41 Å². The van der Waals surface area contributed by atoms with Crippen LogP contribution >= 0.6 is 0 Å². The van der Waals surface area contributed by atoms with Gasteiger partial charge in [-0.2, -0.15) is 0 Å². The molecule has 1 unspecified atom stereocenters. The van der Waals surface area contributed by atoms with Gasteiger partial charge in [-0.1, -0.05) is 48.5 Å². The molecule has 248 valence electrons. The predicted molar refractivity (Wildman–Crippen MR) is 186 cm³/mol. The zero-order chi connectivity index (χ0) is 32.9. The number of likely N-dealkylation sites (tertiary alicyclic amines) is 2. The van der Waals surface area contributed by atoms with Gasteiger partial charge in [0.15, 0.2) is 0 Å². The van der Waals surface area contributed by atoms with Crippen molar-refractivity contribution >= 4 is 22.9 Å². The number of hydrogen-bond acceptors (Lipinski definition) is 6. The summed E-state index contributed by atoms with van der Waals surface area (Å²) in [5.41, 5.74) is 4.55. The summed E-state index contributed by atoms with van der Waals surface area (Å²) in [6.45, 7) is 4.62. The van der Waals surface area contributed by atoms with Gasteiger partial charge in [0, 0.05) is 44.0 Å². The smallest absolute Gasteiger partial charge is 0.229 e. The molecule has 7 rings (SSSR count). The number of piperidine rings is 1. The number of amides is 1. The normalized spacial score (nSPS) is 18.9. The maximum Gasteiger partial charge on any atom is 0.229 e. The molecule has 2 aliphatic rings. The number of ether oxygens (including phenoxy) is 1. The lowest BCUT2D eigenvalue weighted by Crippen LogP contribution is -2.43. The number of anilines is 1. The summed E-state index contributed by atoms with van der Waals surface area (Å²) in [4.78, 5) is 28.2. The highest BCUT2D eigenvalue weighted by Gasteiger charge is 2.46. The van der Waals surface area contributed by atoms with E-state index in [1.807, 2.05) is 71.8 Å². The van der Waals surface area contributed by atoms with Crippen LogP contribution in [0.2, 0.25) is 0 Å². The number of carbonyl (C=O) groups excluding carboxylic acids is 1. The minimum atomic E-state index is -0.523. The van der Waals surface area contributed by atoms with Crippen LogP contribution in [0.5, 0.6) is 5.75 Å². The Morgan fingerprint density at radius 2 is 1.69 bits per heavy atom. The first kappa shape index (κ1) is 31.8. The first-order valence-electron chi connectivity index (χ1n) is 17.0. The van der Waals surface area contributed by atoms with Crippen molar-refractivity contribution in [2.24, 2.45) is 5.41 Å². The van der Waals surface area contributed by atoms with Crippen molar-refractivity contribution in [1.82, 2.24) is 24.3 Å². The second-order valence-corrected chi connectivity index (χ2v) is 13.2. The highest BCUT2D eigenvalue weighted by Crippen LogP contribution is 2.40. The van der Waals surface area contributed by atoms with Gasteiger partial charge >= 0.3 is 0 Å². The fourth-order valence-electron chi connectivity index (χ4n) is 7.42. The maximum absolute atomic E-state index is 14.2. The molecule has 3 aromatic carbocycles. The van der Waals surface area contributed by atoms with Crippen LogP contribution < -0.4 is 10.1 Å². The van der Waals surface area contributed by atoms with Crippen LogP contribution in [-0.4, -0.2) is 69.6 Å². The Hall–Kier alpha value is -4.76. The lowest BCUT2D eigenvalue weighted by molar-refractivity contribution is -0.137. The molecule has 9 heteroatoms. The molecule has 2 aliphatic heterocycles. The van der Waals surface area contributed by atoms with Crippen LogP contribution in [0.4, 0.5) is 10.3 Å². The summed E-state index contributed by atoms with van der Waals surface area (Å²) in [6, 6.07) is 29.1. The number of carbonyl (C=O) groups is 1. The third-order valence-electron chi connectivity index (χ3n) is 10.1. The van der Waals surface area contributed by atoms with Gasteiger partial charge < -0.3 is 24.4 Å². The van der Waals surface area contributed by atoms with Crippen LogP contribution in [0.15, 0.2) is 97.2 Å². The highest BCUT2D eigenvalue weighted by molar-refractivity contribution is 5.85. The summed E-state index contributed by atoms with van der Waals surface area (Å²) >= 11 is 0. The molecule has 4 heterocycles. The lowest BCUT2D eigenvalue weighted by atomic mass is 9.77. The number of imidazole rings is 1. The Kier molecular flexibility index (Phi) is 9.38. The minimum Gasteiger partial charge on any atom is -0.496 e. The lowest BCUT2D eigenvalue weighted by Gasteiger charge is -2.35. The van der Waals surface area contributed by atoms with Crippen LogP contribution in [0.1, 0.15) is 42.5 Å². The molecule has 8 nitrogen and oxygen atoms in total. The van der Waals surface area contributed by atoms with Gasteiger partial charge in [0.05, 0.1) is 35.8 Å². The molecule has 2 saturated heterocycles. The largest absolute Gasteiger partial charge is 0.496 e. The Morgan fingerprint density at radius 1 is 0.917 bits per heavy atom. The number of benzene rings is 3. The Bertz CT molecular complexity index is 1840. The van der Waals surface area contributed by atoms with Crippen LogP contribution in [0.25, 0.3) is 11.0 Å². The van der Waals surface area contributed by atoms with E-state index in [0.717, 1.165) is 84.9 Å². The van der Waals surface area contributed by atoms with Crippen LogP contribution in [0.3, 0.4) is 0 Å². The molecule has 0 aliphatic carbocycles. The highest BCUT2D eigenvalue weighted by atomic mass is 19.1. The van der Waals surface area contributed by atoms with E-state index in [4.69, 9.17) is 9.72 Å². The molecular formula is C39H43FN6O2. The molecule has 1 N–H and O–H groups in total. The third-order valence-corrected chi connectivity index (χ3v) is 10.1. The van der Waals surface area contributed by atoms with Crippen molar-refractivity contribution in [3.05, 3.63) is 120 Å². The average molecular weight is 647 g/mol. The number of hydrogen-bond donors (Lipinski definition) is 1. The van der Waals surface area contributed by atoms with Crippen LogP contribution in [-0.2, 0) is 24.3 Å². The Labute approximate surface area is 281 Å². The van der Waals surface area contributed by atoms with E-state index >= 15 is 0 Å². The molecule has 5 aromatic rings. The predicted octanol–water partition coefficient (Wildman–Crippen LogP) is 6.56. The van der Waals surface area contributed by atoms with E-state index in [2.05, 4.69) is 38.0 Å². The Balaban J connectivity index is 1.01. The number of aromatic nitrogens is 3. The fourth-order valence-corrected chi connectivity index (χ4v) is 7.42. The molecule has 48 heavy (non-hydrogen) atoms. The zero-order valence-electron chi connectivity index (χ0n) is 27.5. The summed E-state index contributed by atoms with van der Waals surface area (Å²) in [7, 11) is 1.67. The van der Waals surface area contributed by atoms with E-state index in [0.29, 0.717) is 32.1 Å². The van der Waals surface area contributed by atoms with Gasteiger partial charge in [0.2, 0.25) is 11.9 Å². The maximum atomic E-state index is 14.2. The molecule has 2 aromatic heterocycles. The number of methoxy groups -OCH3 is 1. The van der Waals surface area contributed by atoms with Gasteiger partial charge in [-0.25, -0.2) is 9.37 Å². The Morgan fingerprint density at radius 3 is 2.48 bits per heavy atom. The SMILES string of the molecule is COc1ccccc1CN1CCC(CCN2CCC(Nc3nc4ccccc4n3Cc3ccccn3)CC2)(Cc2ccc(F)cc2)C1=O. The quantitative estimate of drug-likeness (QED) is 0.166. The van der Waals surface area contributed by atoms with Crippen molar-refractivity contribution in [3.63, 3.8) is 0 Å². The monoisotopic (exact) mass is 646 g/mol. The molecule has 1 amide bonds. The summed E-state index contributed by atoms with van der Waals surface area (Å²) in [5, 5.41) is 3.76. The molecular weight excluding hydrogens is 603 g/mol. The molecule has 2 fully saturated rings. The first-order chi connectivity index (χ1) is 23.5. The van der Waals surface area contributed by atoms with E-state index in [-0.39, 0.29) is 11.7 Å². The number of fused-ring (bicyclic) bond motifs is 1. The number of pyridine rings is 1. The summed E-state index contributed by atoms with van der Waals surface area (Å²) in [6.07, 6.45) is 5.97. The minimum absolute atomic E-state index is 0.182. The molecule has 0 bridgehead atoms. The van der Waals surface area contributed by atoms with Crippen molar-refractivity contribution in [2.45, 2.75) is 51.2 Å². The number of para-hydroxylation sites is 3. The summed E-state index contributed by atoms with van der Waals surface area (Å²) in [5.74, 6) is 1.60. The number of nitrogens with one attached hydrogen (secondary N) is 1. The summed E-state index contributed by atoms with van der Waals surface area (Å²) < 4.78 is 21.6. The van der Waals surface area contributed by atoms with E-state index in [9.17, 15) is 9.18 Å². The average Bonchev–Trinajstić information content (AvgIpc) is 3.62. The van der Waals surface area contributed by atoms with Gasteiger partial charge in [-0.05, 0) is 86.7 Å². The molecule has 0 saturated carbocycles. The standard InChI is InChI=1S/C39H43FN6O2/c1-48-36-12-5-2-8-30(36)27-45-25-20-39(37(45)47,26-29-13-15-31(40)16-14-29)19-24-44-22-17-32(18-23-44)42-38-43-34-10-3-4-11-35(34)46(38)28-33-9-6-7-21-41-33/h2-16,21,32H,17-20,22-28H2,1H3,(H,42,43).